The number of ether oxygens (including phenoxy) is 1. The standard InChI is InChI=1S/C21H23N3O2/c1-15-13-23(2)21(22-15)19-14-24(9-10-26-19)20(25)12-16-7-8-17-5-3-4-6-18(17)11-16/h3-8,11,13,19H,9-10,12,14H2,1-2H3/t19-/m0/s1. The van der Waals surface area contributed by atoms with Gasteiger partial charge in [-0.25, -0.2) is 4.98 Å². The van der Waals surface area contributed by atoms with Gasteiger partial charge in [-0.1, -0.05) is 42.5 Å². The van der Waals surface area contributed by atoms with Gasteiger partial charge in [0.1, 0.15) is 11.9 Å². The maximum Gasteiger partial charge on any atom is 0.227 e. The van der Waals surface area contributed by atoms with Crippen molar-refractivity contribution in [2.45, 2.75) is 19.4 Å². The normalized spacial score (nSPS) is 17.6. The summed E-state index contributed by atoms with van der Waals surface area (Å²) >= 11 is 0. The van der Waals surface area contributed by atoms with Crippen LogP contribution >= 0.6 is 0 Å². The van der Waals surface area contributed by atoms with Gasteiger partial charge in [0.25, 0.3) is 0 Å². The average molecular weight is 349 g/mol. The molecule has 5 nitrogen and oxygen atoms in total. The van der Waals surface area contributed by atoms with E-state index in [4.69, 9.17) is 4.74 Å². The summed E-state index contributed by atoms with van der Waals surface area (Å²) in [6.45, 7) is 3.69. The van der Waals surface area contributed by atoms with Gasteiger partial charge in [0.05, 0.1) is 25.3 Å². The van der Waals surface area contributed by atoms with Crippen molar-refractivity contribution in [2.24, 2.45) is 7.05 Å². The topological polar surface area (TPSA) is 47.4 Å². The molecule has 0 bridgehead atoms. The fourth-order valence-electron chi connectivity index (χ4n) is 3.60. The SMILES string of the molecule is Cc1cn(C)c([C@@H]2CN(C(=O)Cc3ccc4ccccc4c3)CCO2)n1. The summed E-state index contributed by atoms with van der Waals surface area (Å²) in [5.74, 6) is 1.02. The lowest BCUT2D eigenvalue weighted by molar-refractivity contribution is -0.138. The van der Waals surface area contributed by atoms with E-state index in [1.165, 1.54) is 10.8 Å². The molecule has 1 aromatic heterocycles. The number of carbonyl (C=O) groups is 1. The van der Waals surface area contributed by atoms with Crippen LogP contribution in [0, 0.1) is 6.92 Å². The van der Waals surface area contributed by atoms with Gasteiger partial charge in [-0.05, 0) is 23.3 Å². The van der Waals surface area contributed by atoms with E-state index in [0.717, 1.165) is 17.1 Å². The van der Waals surface area contributed by atoms with Crippen molar-refractivity contribution in [3.8, 4) is 0 Å². The highest BCUT2D eigenvalue weighted by atomic mass is 16.5. The van der Waals surface area contributed by atoms with Crippen molar-refractivity contribution in [2.75, 3.05) is 19.7 Å². The van der Waals surface area contributed by atoms with E-state index in [0.29, 0.717) is 26.1 Å². The smallest absolute Gasteiger partial charge is 0.227 e. The van der Waals surface area contributed by atoms with Crippen LogP contribution in [-0.4, -0.2) is 40.1 Å². The quantitative estimate of drug-likeness (QED) is 0.730. The fraction of sp³-hybridized carbons (Fsp3) is 0.333. The van der Waals surface area contributed by atoms with E-state index in [2.05, 4.69) is 29.2 Å². The van der Waals surface area contributed by atoms with E-state index in [1.807, 2.05) is 47.8 Å². The first-order chi connectivity index (χ1) is 12.6. The number of aryl methyl sites for hydroxylation is 2. The number of hydrogen-bond acceptors (Lipinski definition) is 3. The van der Waals surface area contributed by atoms with Gasteiger partial charge < -0.3 is 14.2 Å². The maximum absolute atomic E-state index is 12.8. The second kappa shape index (κ2) is 6.92. The molecule has 0 N–H and O–H groups in total. The molecule has 5 heteroatoms. The summed E-state index contributed by atoms with van der Waals surface area (Å²) in [4.78, 5) is 19.3. The average Bonchev–Trinajstić information content (AvgIpc) is 3.00. The van der Waals surface area contributed by atoms with Gasteiger partial charge in [-0.15, -0.1) is 0 Å². The number of hydrogen-bond donors (Lipinski definition) is 0. The molecule has 0 aliphatic carbocycles. The van der Waals surface area contributed by atoms with Gasteiger partial charge in [0.15, 0.2) is 0 Å². The van der Waals surface area contributed by atoms with Gasteiger partial charge in [-0.3, -0.25) is 4.79 Å². The summed E-state index contributed by atoms with van der Waals surface area (Å²) in [6.07, 6.45) is 2.23. The zero-order chi connectivity index (χ0) is 18.1. The molecule has 2 aromatic carbocycles. The summed E-state index contributed by atoms with van der Waals surface area (Å²) in [7, 11) is 1.97. The maximum atomic E-state index is 12.8. The van der Waals surface area contributed by atoms with E-state index in [1.54, 1.807) is 0 Å². The van der Waals surface area contributed by atoms with Gasteiger partial charge in [0.2, 0.25) is 5.91 Å². The van der Waals surface area contributed by atoms with Crippen molar-refractivity contribution in [1.29, 1.82) is 0 Å². The van der Waals surface area contributed by atoms with Crippen molar-refractivity contribution in [3.63, 3.8) is 0 Å². The number of imidazole rings is 1. The predicted molar refractivity (Wildman–Crippen MR) is 101 cm³/mol. The lowest BCUT2D eigenvalue weighted by Gasteiger charge is -2.32. The second-order valence-electron chi connectivity index (χ2n) is 6.91. The molecule has 3 aromatic rings. The molecule has 1 fully saturated rings. The highest BCUT2D eigenvalue weighted by Gasteiger charge is 2.28. The minimum absolute atomic E-state index is 0.138. The molecular weight excluding hydrogens is 326 g/mol. The van der Waals surface area contributed by atoms with Gasteiger partial charge >= 0.3 is 0 Å². The van der Waals surface area contributed by atoms with Gasteiger partial charge in [-0.2, -0.15) is 0 Å². The van der Waals surface area contributed by atoms with E-state index < -0.39 is 0 Å². The first-order valence-corrected chi connectivity index (χ1v) is 8.97. The van der Waals surface area contributed by atoms with Crippen molar-refractivity contribution in [1.82, 2.24) is 14.5 Å². The van der Waals surface area contributed by atoms with Crippen molar-refractivity contribution < 1.29 is 9.53 Å². The Morgan fingerprint density at radius 3 is 2.81 bits per heavy atom. The first kappa shape index (κ1) is 16.8. The minimum Gasteiger partial charge on any atom is -0.367 e. The minimum atomic E-state index is -0.164. The molecule has 0 unspecified atom stereocenters. The zero-order valence-electron chi connectivity index (χ0n) is 15.2. The van der Waals surface area contributed by atoms with Crippen LogP contribution in [-0.2, 0) is 23.0 Å². The number of benzene rings is 2. The molecule has 134 valence electrons. The van der Waals surface area contributed by atoms with Crippen LogP contribution in [0.3, 0.4) is 0 Å². The molecule has 0 radical (unpaired) electrons. The van der Waals surface area contributed by atoms with Crippen LogP contribution in [0.5, 0.6) is 0 Å². The van der Waals surface area contributed by atoms with Crippen molar-refractivity contribution >= 4 is 16.7 Å². The number of fused-ring (bicyclic) bond motifs is 1. The third kappa shape index (κ3) is 3.35. The molecule has 26 heavy (non-hydrogen) atoms. The molecule has 1 amide bonds. The molecule has 1 atom stereocenters. The van der Waals surface area contributed by atoms with E-state index in [9.17, 15) is 4.79 Å². The van der Waals surface area contributed by atoms with Crippen LogP contribution in [0.1, 0.15) is 23.2 Å². The molecular formula is C21H23N3O2. The Hall–Kier alpha value is -2.66. The molecule has 2 heterocycles. The second-order valence-corrected chi connectivity index (χ2v) is 6.91. The Labute approximate surface area is 153 Å². The highest BCUT2D eigenvalue weighted by Crippen LogP contribution is 2.22. The Kier molecular flexibility index (Phi) is 4.47. The van der Waals surface area contributed by atoms with Crippen LogP contribution in [0.15, 0.2) is 48.7 Å². The number of aromatic nitrogens is 2. The summed E-state index contributed by atoms with van der Waals surface area (Å²) in [6, 6.07) is 14.4. The van der Waals surface area contributed by atoms with Crippen LogP contribution < -0.4 is 0 Å². The number of amides is 1. The lowest BCUT2D eigenvalue weighted by atomic mass is 10.0. The Balaban J connectivity index is 1.47. The summed E-state index contributed by atoms with van der Waals surface area (Å²) in [5, 5.41) is 2.36. The third-order valence-electron chi connectivity index (χ3n) is 4.91. The molecule has 1 aliphatic heterocycles. The summed E-state index contributed by atoms with van der Waals surface area (Å²) in [5.41, 5.74) is 2.01. The molecule has 1 aliphatic rings. The number of rotatable bonds is 3. The lowest BCUT2D eigenvalue weighted by Crippen LogP contribution is -2.43. The monoisotopic (exact) mass is 349 g/mol. The van der Waals surface area contributed by atoms with Crippen LogP contribution in [0.25, 0.3) is 10.8 Å². The molecule has 4 rings (SSSR count). The Morgan fingerprint density at radius 1 is 1.23 bits per heavy atom. The molecule has 0 saturated carbocycles. The predicted octanol–water partition coefficient (Wildman–Crippen LogP) is 3.02. The first-order valence-electron chi connectivity index (χ1n) is 8.97. The zero-order valence-corrected chi connectivity index (χ0v) is 15.2. The number of morpholine rings is 1. The van der Waals surface area contributed by atoms with E-state index >= 15 is 0 Å². The Morgan fingerprint density at radius 2 is 2.04 bits per heavy atom. The fourth-order valence-corrected chi connectivity index (χ4v) is 3.60. The molecule has 0 spiro atoms. The molecule has 1 saturated heterocycles. The highest BCUT2D eigenvalue weighted by molar-refractivity contribution is 5.85. The Bertz CT molecular complexity index is 947. The van der Waals surface area contributed by atoms with Crippen LogP contribution in [0.4, 0.5) is 0 Å². The summed E-state index contributed by atoms with van der Waals surface area (Å²) < 4.78 is 7.85. The largest absolute Gasteiger partial charge is 0.367 e. The number of carbonyl (C=O) groups excluding carboxylic acids is 1. The number of nitrogens with zero attached hydrogens (tertiary/aromatic N) is 3. The van der Waals surface area contributed by atoms with Crippen molar-refractivity contribution in [3.05, 3.63) is 65.7 Å². The van der Waals surface area contributed by atoms with Gasteiger partial charge in [0, 0.05) is 19.8 Å². The third-order valence-corrected chi connectivity index (χ3v) is 4.91. The van der Waals surface area contributed by atoms with Crippen LogP contribution in [0.2, 0.25) is 0 Å². The van der Waals surface area contributed by atoms with E-state index in [-0.39, 0.29) is 12.0 Å².